The molecule has 7 nitrogen and oxygen atoms in total. The number of benzene rings is 1. The zero-order chi connectivity index (χ0) is 16.0. The Morgan fingerprint density at radius 2 is 2.05 bits per heavy atom. The summed E-state index contributed by atoms with van der Waals surface area (Å²) in [7, 11) is -3.59. The maximum absolute atomic E-state index is 11.9. The number of nitro benzene ring substituents is 1. The molecule has 0 bridgehead atoms. The first kappa shape index (κ1) is 17.7. The number of halogens is 1. The number of anilines is 1. The van der Waals surface area contributed by atoms with Crippen LogP contribution in [0.5, 0.6) is 0 Å². The minimum Gasteiger partial charge on any atom is -0.314 e. The molecule has 0 radical (unpaired) electrons. The lowest BCUT2D eigenvalue weighted by atomic mass is 10.3. The van der Waals surface area contributed by atoms with Gasteiger partial charge in [0.05, 0.1) is 21.4 Å². The third-order valence-electron chi connectivity index (χ3n) is 2.57. The molecule has 0 aliphatic heterocycles. The van der Waals surface area contributed by atoms with E-state index in [0.717, 1.165) is 6.07 Å². The second-order valence-electron chi connectivity index (χ2n) is 4.80. The van der Waals surface area contributed by atoms with Crippen molar-refractivity contribution in [2.45, 2.75) is 26.3 Å². The third-order valence-corrected chi connectivity index (χ3v) is 4.26. The lowest BCUT2D eigenvalue weighted by Gasteiger charge is -2.11. The van der Waals surface area contributed by atoms with Gasteiger partial charge in [0.1, 0.15) is 0 Å². The molecule has 0 spiro atoms. The highest BCUT2D eigenvalue weighted by molar-refractivity contribution is 7.92. The van der Waals surface area contributed by atoms with Crippen LogP contribution in [0.3, 0.4) is 0 Å². The van der Waals surface area contributed by atoms with Crippen LogP contribution in [0, 0.1) is 10.1 Å². The van der Waals surface area contributed by atoms with Gasteiger partial charge in [-0.05, 0) is 19.0 Å². The van der Waals surface area contributed by atoms with Gasteiger partial charge >= 0.3 is 0 Å². The van der Waals surface area contributed by atoms with Crippen molar-refractivity contribution in [3.63, 3.8) is 0 Å². The highest BCUT2D eigenvalue weighted by Crippen LogP contribution is 2.27. The Labute approximate surface area is 128 Å². The summed E-state index contributed by atoms with van der Waals surface area (Å²) >= 11 is 5.85. The first-order valence-corrected chi connectivity index (χ1v) is 8.42. The van der Waals surface area contributed by atoms with E-state index in [-0.39, 0.29) is 28.2 Å². The van der Waals surface area contributed by atoms with E-state index < -0.39 is 14.9 Å². The van der Waals surface area contributed by atoms with Crippen molar-refractivity contribution in [1.82, 2.24) is 5.32 Å². The lowest BCUT2D eigenvalue weighted by Crippen LogP contribution is -2.26. The van der Waals surface area contributed by atoms with Gasteiger partial charge in [-0.25, -0.2) is 8.42 Å². The normalized spacial score (nSPS) is 11.6. The third kappa shape index (κ3) is 6.28. The van der Waals surface area contributed by atoms with E-state index in [1.807, 2.05) is 13.8 Å². The summed E-state index contributed by atoms with van der Waals surface area (Å²) in [5.41, 5.74) is -0.207. The quantitative estimate of drug-likeness (QED) is 0.431. The molecular formula is C12H18ClN3O4S. The number of nitrogens with one attached hydrogen (secondary N) is 2. The molecule has 0 amide bonds. The van der Waals surface area contributed by atoms with Crippen LogP contribution in [-0.4, -0.2) is 31.7 Å². The van der Waals surface area contributed by atoms with Crippen LogP contribution in [0.25, 0.3) is 0 Å². The smallest absolute Gasteiger partial charge is 0.271 e. The number of sulfonamides is 1. The molecule has 9 heteroatoms. The molecule has 0 saturated carbocycles. The number of hydrogen-bond acceptors (Lipinski definition) is 5. The highest BCUT2D eigenvalue weighted by atomic mass is 35.5. The molecule has 0 atom stereocenters. The average Bonchev–Trinajstić information content (AvgIpc) is 2.36. The monoisotopic (exact) mass is 335 g/mol. The number of nitro groups is 1. The number of non-ortho nitro benzene ring substituents is 1. The van der Waals surface area contributed by atoms with Crippen molar-refractivity contribution in [1.29, 1.82) is 0 Å². The zero-order valence-electron chi connectivity index (χ0n) is 11.8. The van der Waals surface area contributed by atoms with Crippen molar-refractivity contribution >= 4 is 33.0 Å². The van der Waals surface area contributed by atoms with Crippen LogP contribution in [0.15, 0.2) is 18.2 Å². The van der Waals surface area contributed by atoms with Crippen LogP contribution in [0.1, 0.15) is 20.3 Å². The van der Waals surface area contributed by atoms with Crippen molar-refractivity contribution in [2.24, 2.45) is 0 Å². The van der Waals surface area contributed by atoms with Gasteiger partial charge in [-0.1, -0.05) is 25.4 Å². The van der Waals surface area contributed by atoms with Gasteiger partial charge in [0, 0.05) is 18.2 Å². The van der Waals surface area contributed by atoms with E-state index >= 15 is 0 Å². The summed E-state index contributed by atoms with van der Waals surface area (Å²) in [6, 6.07) is 3.89. The number of rotatable bonds is 8. The fourth-order valence-electron chi connectivity index (χ4n) is 1.58. The van der Waals surface area contributed by atoms with Crippen LogP contribution in [0.4, 0.5) is 11.4 Å². The molecule has 0 saturated heterocycles. The molecule has 21 heavy (non-hydrogen) atoms. The molecule has 1 aromatic carbocycles. The molecule has 0 heterocycles. The standard InChI is InChI=1S/C12H18ClN3O4S/c1-9(2)14-6-3-7-21(19,20)15-12-8-10(16(17)18)4-5-11(12)13/h4-5,8-9,14-15H,3,6-7H2,1-2H3. The van der Waals surface area contributed by atoms with Gasteiger partial charge in [-0.2, -0.15) is 0 Å². The molecule has 0 aliphatic carbocycles. The second kappa shape index (κ2) is 7.58. The van der Waals surface area contributed by atoms with Gasteiger partial charge in [0.15, 0.2) is 0 Å². The molecule has 2 N–H and O–H groups in total. The van der Waals surface area contributed by atoms with E-state index in [1.165, 1.54) is 12.1 Å². The Morgan fingerprint density at radius 3 is 2.62 bits per heavy atom. The summed E-state index contributed by atoms with van der Waals surface area (Å²) < 4.78 is 26.1. The van der Waals surface area contributed by atoms with E-state index in [2.05, 4.69) is 10.0 Å². The van der Waals surface area contributed by atoms with E-state index in [1.54, 1.807) is 0 Å². The predicted molar refractivity (Wildman–Crippen MR) is 83.3 cm³/mol. The summed E-state index contributed by atoms with van der Waals surface area (Å²) in [5, 5.41) is 13.9. The van der Waals surface area contributed by atoms with E-state index in [0.29, 0.717) is 13.0 Å². The van der Waals surface area contributed by atoms with Gasteiger partial charge in [-0.3, -0.25) is 14.8 Å². The number of nitrogens with zero attached hydrogens (tertiary/aromatic N) is 1. The van der Waals surface area contributed by atoms with Crippen LogP contribution in [0.2, 0.25) is 5.02 Å². The van der Waals surface area contributed by atoms with Crippen molar-refractivity contribution in [3.8, 4) is 0 Å². The van der Waals surface area contributed by atoms with Crippen LogP contribution in [-0.2, 0) is 10.0 Å². The summed E-state index contributed by atoms with van der Waals surface area (Å²) in [6.07, 6.45) is 0.431. The molecule has 0 fully saturated rings. The minimum atomic E-state index is -3.59. The fourth-order valence-corrected chi connectivity index (χ4v) is 2.93. The molecule has 1 rings (SSSR count). The summed E-state index contributed by atoms with van der Waals surface area (Å²) in [5.74, 6) is -0.0915. The first-order valence-electron chi connectivity index (χ1n) is 6.39. The van der Waals surface area contributed by atoms with Gasteiger partial charge < -0.3 is 5.32 Å². The Hall–Kier alpha value is -1.38. The van der Waals surface area contributed by atoms with Gasteiger partial charge in [0.25, 0.3) is 5.69 Å². The largest absolute Gasteiger partial charge is 0.314 e. The maximum Gasteiger partial charge on any atom is 0.271 e. The topological polar surface area (TPSA) is 101 Å². The molecule has 0 unspecified atom stereocenters. The molecule has 0 aromatic heterocycles. The second-order valence-corrected chi connectivity index (χ2v) is 7.05. The van der Waals surface area contributed by atoms with Crippen molar-refractivity contribution in [2.75, 3.05) is 17.0 Å². The zero-order valence-corrected chi connectivity index (χ0v) is 13.4. The van der Waals surface area contributed by atoms with Crippen molar-refractivity contribution < 1.29 is 13.3 Å². The van der Waals surface area contributed by atoms with Crippen LogP contribution >= 0.6 is 11.6 Å². The maximum atomic E-state index is 11.9. The SMILES string of the molecule is CC(C)NCCCS(=O)(=O)Nc1cc([N+](=O)[O-])ccc1Cl. The molecule has 118 valence electrons. The van der Waals surface area contributed by atoms with E-state index in [4.69, 9.17) is 11.6 Å². The van der Waals surface area contributed by atoms with Gasteiger partial charge in [-0.15, -0.1) is 0 Å². The Balaban J connectivity index is 2.70. The first-order chi connectivity index (χ1) is 9.71. The Bertz CT molecular complexity index is 605. The summed E-state index contributed by atoms with van der Waals surface area (Å²) in [6.45, 7) is 4.51. The fraction of sp³-hybridized carbons (Fsp3) is 0.500. The van der Waals surface area contributed by atoms with Crippen molar-refractivity contribution in [3.05, 3.63) is 33.3 Å². The lowest BCUT2D eigenvalue weighted by molar-refractivity contribution is -0.384. The number of hydrogen-bond donors (Lipinski definition) is 2. The molecule has 1 aromatic rings. The Kier molecular flexibility index (Phi) is 6.38. The molecular weight excluding hydrogens is 318 g/mol. The highest BCUT2D eigenvalue weighted by Gasteiger charge is 2.15. The summed E-state index contributed by atoms with van der Waals surface area (Å²) in [4.78, 5) is 10.1. The predicted octanol–water partition coefficient (Wildman–Crippen LogP) is 2.38. The molecule has 0 aliphatic rings. The average molecular weight is 336 g/mol. The van der Waals surface area contributed by atoms with Gasteiger partial charge in [0.2, 0.25) is 10.0 Å². The Morgan fingerprint density at radius 1 is 1.38 bits per heavy atom. The van der Waals surface area contributed by atoms with E-state index in [9.17, 15) is 18.5 Å². The van der Waals surface area contributed by atoms with Crippen LogP contribution < -0.4 is 10.0 Å². The minimum absolute atomic E-state index is 0.0164.